The molecule has 12 heteroatoms. The molecule has 102 valence electrons. The molecule has 0 radical (unpaired) electrons. The molecule has 0 aromatic carbocycles. The summed E-state index contributed by atoms with van der Waals surface area (Å²) < 4.78 is 1.49. The van der Waals surface area contributed by atoms with Crippen LogP contribution in [-0.4, -0.2) is 30.6 Å². The van der Waals surface area contributed by atoms with E-state index in [2.05, 4.69) is 46.8 Å². The highest BCUT2D eigenvalue weighted by Crippen LogP contribution is 2.82. The van der Waals surface area contributed by atoms with Crippen molar-refractivity contribution in [3.05, 3.63) is 12.7 Å². The van der Waals surface area contributed by atoms with E-state index in [4.69, 9.17) is 5.11 Å². The van der Waals surface area contributed by atoms with Crippen LogP contribution in [0.3, 0.4) is 0 Å². The Balaban J connectivity index is 2.36. The molecular weight excluding hydrogens is 341 g/mol. The first kappa shape index (κ1) is 15.4. The van der Waals surface area contributed by atoms with Crippen LogP contribution in [0.1, 0.15) is 0 Å². The SMILES string of the molecule is O=C(O)Cn1cnc2c(NP(P)P(P)P)ncnc21. The van der Waals surface area contributed by atoms with Gasteiger partial charge in [-0.15, -0.1) is 17.9 Å². The average molecular weight is 353 g/mol. The second kappa shape index (κ2) is 6.61. The normalized spacial score (nSPS) is 12.8. The zero-order valence-corrected chi connectivity index (χ0v) is 14.9. The Kier molecular flexibility index (Phi) is 5.35. The Morgan fingerprint density at radius 3 is 2.74 bits per heavy atom. The minimum atomic E-state index is -0.931. The summed E-state index contributed by atoms with van der Waals surface area (Å²) in [5, 5.41) is 12.1. The molecule has 0 aliphatic rings. The number of carbonyl (C=O) groups is 1. The minimum absolute atomic E-state index is 0.164. The van der Waals surface area contributed by atoms with Crippen molar-refractivity contribution in [1.29, 1.82) is 0 Å². The van der Waals surface area contributed by atoms with Crippen LogP contribution < -0.4 is 5.09 Å². The van der Waals surface area contributed by atoms with Crippen LogP contribution in [0.25, 0.3) is 11.2 Å². The van der Waals surface area contributed by atoms with E-state index >= 15 is 0 Å². The first-order chi connectivity index (χ1) is 8.99. The molecule has 0 aliphatic heterocycles. The van der Waals surface area contributed by atoms with Crippen molar-refractivity contribution in [2.24, 2.45) is 0 Å². The second-order valence-electron chi connectivity index (χ2n) is 3.50. The quantitative estimate of drug-likeness (QED) is 0.803. The molecule has 0 amide bonds. The molecule has 4 unspecified atom stereocenters. The number of anilines is 1. The van der Waals surface area contributed by atoms with Crippen molar-refractivity contribution in [3.63, 3.8) is 0 Å². The summed E-state index contributed by atoms with van der Waals surface area (Å²) in [4.78, 5) is 23.2. The maximum Gasteiger partial charge on any atom is 0.323 e. The van der Waals surface area contributed by atoms with Crippen LogP contribution in [0.4, 0.5) is 5.82 Å². The van der Waals surface area contributed by atoms with Crippen LogP contribution in [0.15, 0.2) is 12.7 Å². The number of carboxylic acid groups (broad SMARTS) is 1. The highest BCUT2D eigenvalue weighted by atomic mass is 32.8. The fraction of sp³-hybridized carbons (Fsp3) is 0.143. The molecule has 2 aromatic rings. The van der Waals surface area contributed by atoms with Crippen molar-refractivity contribution >= 4 is 64.2 Å². The van der Waals surface area contributed by atoms with Gasteiger partial charge in [-0.1, -0.05) is 8.93 Å². The average Bonchev–Trinajstić information content (AvgIpc) is 2.73. The lowest BCUT2D eigenvalue weighted by molar-refractivity contribution is -0.137. The highest BCUT2D eigenvalue weighted by Gasteiger charge is 2.14. The van der Waals surface area contributed by atoms with Gasteiger partial charge in [-0.05, 0) is 6.99 Å². The lowest BCUT2D eigenvalue weighted by Crippen LogP contribution is -2.08. The summed E-state index contributed by atoms with van der Waals surface area (Å²) in [6.45, 7) is -0.451. The van der Waals surface area contributed by atoms with Crippen molar-refractivity contribution in [2.45, 2.75) is 6.54 Å². The van der Waals surface area contributed by atoms with Gasteiger partial charge < -0.3 is 14.8 Å². The molecule has 0 fully saturated rings. The Morgan fingerprint density at radius 1 is 1.37 bits per heavy atom. The summed E-state index contributed by atoms with van der Waals surface area (Å²) in [6.07, 6.45) is 2.88. The van der Waals surface area contributed by atoms with E-state index < -0.39 is 13.4 Å². The van der Waals surface area contributed by atoms with Gasteiger partial charge in [0.15, 0.2) is 17.0 Å². The number of hydrogen-bond acceptors (Lipinski definition) is 5. The monoisotopic (exact) mass is 353 g/mol. The van der Waals surface area contributed by atoms with Gasteiger partial charge in [0.1, 0.15) is 12.9 Å². The number of nitrogens with one attached hydrogen (secondary N) is 1. The molecular formula is C7H12N5O2P5. The standard InChI is InChI=1S/C7H12N5O2P5/c13-4(14)1-12-3-10-5-6(8-2-9-7(5)12)11-18(15)19(16)17/h2-3H,1,15-17H2,(H,13,14)(H,8,9,11). The Hall–Kier alpha value is -0.0300. The lowest BCUT2D eigenvalue weighted by Gasteiger charge is -2.17. The van der Waals surface area contributed by atoms with Gasteiger partial charge in [0.2, 0.25) is 0 Å². The van der Waals surface area contributed by atoms with Gasteiger partial charge in [0.05, 0.1) is 6.33 Å². The van der Waals surface area contributed by atoms with E-state index in [1.165, 1.54) is 17.2 Å². The summed E-state index contributed by atoms with van der Waals surface area (Å²) >= 11 is 0. The van der Waals surface area contributed by atoms with Crippen molar-refractivity contribution in [1.82, 2.24) is 19.5 Å². The second-order valence-corrected chi connectivity index (χ2v) is 18.4. The molecule has 2 rings (SSSR count). The first-order valence-corrected chi connectivity index (χ1v) is 13.2. The van der Waals surface area contributed by atoms with Gasteiger partial charge in [-0.2, -0.15) is 0 Å². The van der Waals surface area contributed by atoms with E-state index in [1.54, 1.807) is 0 Å². The van der Waals surface area contributed by atoms with Gasteiger partial charge in [0, 0.05) is 7.45 Å². The largest absolute Gasteiger partial charge is 0.480 e. The molecule has 0 saturated carbocycles. The predicted molar refractivity (Wildman–Crippen MR) is 89.6 cm³/mol. The Morgan fingerprint density at radius 2 is 2.11 bits per heavy atom. The van der Waals surface area contributed by atoms with E-state index in [1.807, 2.05) is 0 Å². The number of carboxylic acids is 1. The zero-order chi connectivity index (χ0) is 14.0. The molecule has 0 bridgehead atoms. The fourth-order valence-electron chi connectivity index (χ4n) is 1.39. The Labute approximate surface area is 118 Å². The topological polar surface area (TPSA) is 92.9 Å². The smallest absolute Gasteiger partial charge is 0.323 e. The van der Waals surface area contributed by atoms with Gasteiger partial charge in [0.25, 0.3) is 0 Å². The highest BCUT2D eigenvalue weighted by molar-refractivity contribution is 8.82. The molecule has 19 heavy (non-hydrogen) atoms. The molecule has 4 atom stereocenters. The van der Waals surface area contributed by atoms with E-state index in [0.29, 0.717) is 17.0 Å². The molecule has 2 N–H and O–H groups in total. The maximum absolute atomic E-state index is 10.8. The number of aliphatic carboxylic acids is 1. The molecule has 0 aliphatic carbocycles. The fourth-order valence-corrected chi connectivity index (χ4v) is 3.92. The number of fused-ring (bicyclic) bond motifs is 1. The van der Waals surface area contributed by atoms with Crippen LogP contribution in [0.5, 0.6) is 0 Å². The summed E-state index contributed by atoms with van der Waals surface area (Å²) in [5.74, 6) is -0.299. The molecule has 7 nitrogen and oxygen atoms in total. The molecule has 0 saturated heterocycles. The number of rotatable bonds is 5. The third-order valence-electron chi connectivity index (χ3n) is 2.18. The third kappa shape index (κ3) is 3.75. The summed E-state index contributed by atoms with van der Waals surface area (Å²) in [7, 11) is 7.78. The number of nitrogens with zero attached hydrogens (tertiary/aromatic N) is 4. The Bertz CT molecular complexity index is 605. The van der Waals surface area contributed by atoms with Crippen LogP contribution in [0, 0.1) is 0 Å². The van der Waals surface area contributed by atoms with Crippen molar-refractivity contribution in [2.75, 3.05) is 5.09 Å². The van der Waals surface area contributed by atoms with Crippen molar-refractivity contribution < 1.29 is 9.90 Å². The molecule has 0 spiro atoms. The molecule has 2 heterocycles. The van der Waals surface area contributed by atoms with Crippen LogP contribution in [-0.2, 0) is 11.3 Å². The minimum Gasteiger partial charge on any atom is -0.480 e. The number of aromatic nitrogens is 4. The van der Waals surface area contributed by atoms with Crippen LogP contribution in [0.2, 0.25) is 0 Å². The number of hydrogen-bond donors (Lipinski definition) is 2. The van der Waals surface area contributed by atoms with E-state index in [0.717, 1.165) is 0 Å². The van der Waals surface area contributed by atoms with Crippen molar-refractivity contribution in [3.8, 4) is 0 Å². The summed E-state index contributed by atoms with van der Waals surface area (Å²) in [5.41, 5.74) is 1.11. The lowest BCUT2D eigenvalue weighted by atomic mass is 10.5. The van der Waals surface area contributed by atoms with Gasteiger partial charge in [-0.3, -0.25) is 4.79 Å². The maximum atomic E-state index is 10.8. The van der Waals surface area contributed by atoms with E-state index in [-0.39, 0.29) is 13.5 Å². The number of imidazole rings is 1. The first-order valence-electron chi connectivity index (χ1n) is 4.97. The van der Waals surface area contributed by atoms with Crippen LogP contribution >= 0.6 is 41.2 Å². The third-order valence-corrected chi connectivity index (χ3v) is 17.0. The summed E-state index contributed by atoms with van der Waals surface area (Å²) in [6, 6.07) is 0. The van der Waals surface area contributed by atoms with E-state index in [9.17, 15) is 4.79 Å². The predicted octanol–water partition coefficient (Wildman–Crippen LogP) is 2.49. The zero-order valence-electron chi connectivity index (χ0n) is 9.63. The van der Waals surface area contributed by atoms with Gasteiger partial charge >= 0.3 is 5.97 Å². The molecule has 2 aromatic heterocycles. The van der Waals surface area contributed by atoms with Gasteiger partial charge in [-0.25, -0.2) is 15.0 Å².